The number of esters is 1. The summed E-state index contributed by atoms with van der Waals surface area (Å²) in [5, 5.41) is 2.43. The standard InChI is InChI=1S/C17H26NO7P/c1-4-24-26(21,25-5-2)12-11-15(16(19)22-3)18-17(20)23-13-14-9-7-6-8-10-14/h6-10,15H,4-5,11-13H2,1-3H3,(H,18,20)/t15-/m0/s1. The van der Waals surface area contributed by atoms with Gasteiger partial charge in [-0.3, -0.25) is 4.57 Å². The van der Waals surface area contributed by atoms with Gasteiger partial charge in [0.1, 0.15) is 12.6 Å². The normalized spacial score (nSPS) is 12.3. The van der Waals surface area contributed by atoms with Crippen LogP contribution in [-0.2, 0) is 34.5 Å². The fraction of sp³-hybridized carbons (Fsp3) is 0.529. The van der Waals surface area contributed by atoms with E-state index in [-0.39, 0.29) is 32.4 Å². The van der Waals surface area contributed by atoms with Crippen molar-refractivity contribution in [3.05, 3.63) is 35.9 Å². The summed E-state index contributed by atoms with van der Waals surface area (Å²) in [5.41, 5.74) is 0.814. The van der Waals surface area contributed by atoms with Crippen molar-refractivity contribution in [1.29, 1.82) is 0 Å². The quantitative estimate of drug-likeness (QED) is 0.460. The van der Waals surface area contributed by atoms with Gasteiger partial charge in [0.05, 0.1) is 26.5 Å². The lowest BCUT2D eigenvalue weighted by Crippen LogP contribution is -2.42. The van der Waals surface area contributed by atoms with E-state index >= 15 is 0 Å². The average molecular weight is 387 g/mol. The van der Waals surface area contributed by atoms with Gasteiger partial charge >= 0.3 is 19.7 Å². The summed E-state index contributed by atoms with van der Waals surface area (Å²) in [7, 11) is -2.12. The molecule has 0 aliphatic carbocycles. The zero-order valence-electron chi connectivity index (χ0n) is 15.3. The van der Waals surface area contributed by atoms with E-state index in [0.29, 0.717) is 0 Å². The fourth-order valence-corrected chi connectivity index (χ4v) is 3.84. The summed E-state index contributed by atoms with van der Waals surface area (Å²) in [6.45, 7) is 3.89. The summed E-state index contributed by atoms with van der Waals surface area (Å²) in [4.78, 5) is 23.8. The van der Waals surface area contributed by atoms with Crippen LogP contribution in [0.25, 0.3) is 0 Å². The Hall–Kier alpha value is -1.89. The monoisotopic (exact) mass is 387 g/mol. The molecular formula is C17H26NO7P. The number of carbonyl (C=O) groups excluding carboxylic acids is 2. The Morgan fingerprint density at radius 1 is 1.12 bits per heavy atom. The molecule has 0 aliphatic heterocycles. The Labute approximate surface area is 153 Å². The molecule has 1 N–H and O–H groups in total. The van der Waals surface area contributed by atoms with E-state index in [0.717, 1.165) is 5.56 Å². The first kappa shape index (κ1) is 22.2. The van der Waals surface area contributed by atoms with Gasteiger partial charge in [-0.25, -0.2) is 9.59 Å². The first-order chi connectivity index (χ1) is 12.4. The van der Waals surface area contributed by atoms with Crippen LogP contribution in [-0.4, -0.2) is 44.6 Å². The lowest BCUT2D eigenvalue weighted by Gasteiger charge is -2.20. The van der Waals surface area contributed by atoms with E-state index in [4.69, 9.17) is 13.8 Å². The van der Waals surface area contributed by atoms with Gasteiger partial charge in [-0.15, -0.1) is 0 Å². The van der Waals surface area contributed by atoms with Crippen molar-refractivity contribution in [3.8, 4) is 0 Å². The Morgan fingerprint density at radius 2 is 1.73 bits per heavy atom. The predicted molar refractivity (Wildman–Crippen MR) is 95.9 cm³/mol. The van der Waals surface area contributed by atoms with Crippen LogP contribution in [0.4, 0.5) is 4.79 Å². The number of rotatable bonds is 11. The summed E-state index contributed by atoms with van der Waals surface area (Å²) < 4.78 is 32.6. The van der Waals surface area contributed by atoms with E-state index in [1.165, 1.54) is 7.11 Å². The number of hydrogen-bond donors (Lipinski definition) is 1. The Morgan fingerprint density at radius 3 is 2.27 bits per heavy atom. The molecular weight excluding hydrogens is 361 g/mol. The molecule has 9 heteroatoms. The third-order valence-corrected chi connectivity index (χ3v) is 5.44. The van der Waals surface area contributed by atoms with Crippen LogP contribution in [0.3, 0.4) is 0 Å². The number of ether oxygens (including phenoxy) is 2. The minimum Gasteiger partial charge on any atom is -0.467 e. The molecule has 0 radical (unpaired) electrons. The zero-order valence-corrected chi connectivity index (χ0v) is 16.2. The van der Waals surface area contributed by atoms with Crippen molar-refractivity contribution >= 4 is 19.7 Å². The highest BCUT2D eigenvalue weighted by atomic mass is 31.2. The summed E-state index contributed by atoms with van der Waals surface area (Å²) >= 11 is 0. The summed E-state index contributed by atoms with van der Waals surface area (Å²) in [5.74, 6) is -0.666. The number of carbonyl (C=O) groups is 2. The molecule has 0 saturated carbocycles. The molecule has 0 bridgehead atoms. The SMILES string of the molecule is CCOP(=O)(CC[C@H](NC(=O)OCc1ccccc1)C(=O)OC)OCC. The molecule has 1 aromatic rings. The number of amides is 1. The van der Waals surface area contributed by atoms with Gasteiger partial charge in [0.25, 0.3) is 0 Å². The molecule has 0 aromatic heterocycles. The highest BCUT2D eigenvalue weighted by Gasteiger charge is 2.29. The van der Waals surface area contributed by atoms with Gasteiger partial charge in [-0.2, -0.15) is 0 Å². The van der Waals surface area contributed by atoms with Gasteiger partial charge < -0.3 is 23.8 Å². The second-order valence-electron chi connectivity index (χ2n) is 5.24. The van der Waals surface area contributed by atoms with Gasteiger partial charge in [0, 0.05) is 0 Å². The fourth-order valence-electron chi connectivity index (χ4n) is 2.15. The Kier molecular flexibility index (Phi) is 9.95. The maximum Gasteiger partial charge on any atom is 0.408 e. The average Bonchev–Trinajstić information content (AvgIpc) is 2.64. The third-order valence-electron chi connectivity index (χ3n) is 3.33. The summed E-state index contributed by atoms with van der Waals surface area (Å²) in [6, 6.07) is 8.11. The first-order valence-corrected chi connectivity index (χ1v) is 10.1. The third kappa shape index (κ3) is 7.99. The van der Waals surface area contributed by atoms with Crippen molar-refractivity contribution < 1.29 is 32.7 Å². The molecule has 146 valence electrons. The van der Waals surface area contributed by atoms with Crippen LogP contribution in [0.1, 0.15) is 25.8 Å². The lowest BCUT2D eigenvalue weighted by atomic mass is 10.2. The molecule has 0 heterocycles. The van der Waals surface area contributed by atoms with Crippen molar-refractivity contribution in [1.82, 2.24) is 5.32 Å². The molecule has 1 rings (SSSR count). The highest BCUT2D eigenvalue weighted by molar-refractivity contribution is 7.53. The molecule has 0 spiro atoms. The molecule has 0 unspecified atom stereocenters. The van der Waals surface area contributed by atoms with Crippen LogP contribution >= 0.6 is 7.60 Å². The van der Waals surface area contributed by atoms with Crippen LogP contribution in [0.5, 0.6) is 0 Å². The van der Waals surface area contributed by atoms with E-state index in [9.17, 15) is 14.2 Å². The van der Waals surface area contributed by atoms with Gasteiger partial charge in [0.15, 0.2) is 0 Å². The van der Waals surface area contributed by atoms with Crippen molar-refractivity contribution in [2.75, 3.05) is 26.5 Å². The number of alkyl carbamates (subject to hydrolysis) is 1. The van der Waals surface area contributed by atoms with E-state index in [2.05, 4.69) is 10.1 Å². The molecule has 0 saturated heterocycles. The van der Waals surface area contributed by atoms with Crippen LogP contribution < -0.4 is 5.32 Å². The minimum atomic E-state index is -3.33. The van der Waals surface area contributed by atoms with Crippen LogP contribution in [0.15, 0.2) is 30.3 Å². The maximum atomic E-state index is 12.5. The topological polar surface area (TPSA) is 100 Å². The Balaban J connectivity index is 2.61. The largest absolute Gasteiger partial charge is 0.467 e. The number of hydrogen-bond acceptors (Lipinski definition) is 7. The first-order valence-electron chi connectivity index (χ1n) is 8.37. The van der Waals surface area contributed by atoms with Crippen LogP contribution in [0, 0.1) is 0 Å². The van der Waals surface area contributed by atoms with E-state index in [1.807, 2.05) is 30.3 Å². The van der Waals surface area contributed by atoms with Crippen LogP contribution in [0.2, 0.25) is 0 Å². The molecule has 1 amide bonds. The molecule has 0 fully saturated rings. The minimum absolute atomic E-state index is 0.0321. The molecule has 1 atom stereocenters. The Bertz CT molecular complexity index is 598. The number of nitrogens with one attached hydrogen (secondary N) is 1. The van der Waals surface area contributed by atoms with E-state index in [1.54, 1.807) is 13.8 Å². The second-order valence-corrected chi connectivity index (χ2v) is 7.43. The van der Waals surface area contributed by atoms with Crippen molar-refractivity contribution in [3.63, 3.8) is 0 Å². The second kappa shape index (κ2) is 11.7. The van der Waals surface area contributed by atoms with Crippen molar-refractivity contribution in [2.24, 2.45) is 0 Å². The molecule has 0 aliphatic rings. The number of benzene rings is 1. The lowest BCUT2D eigenvalue weighted by molar-refractivity contribution is -0.143. The highest BCUT2D eigenvalue weighted by Crippen LogP contribution is 2.48. The molecule has 8 nitrogen and oxygen atoms in total. The predicted octanol–water partition coefficient (Wildman–Crippen LogP) is 3.11. The van der Waals surface area contributed by atoms with Gasteiger partial charge in [-0.1, -0.05) is 30.3 Å². The number of methoxy groups -OCH3 is 1. The van der Waals surface area contributed by atoms with E-state index < -0.39 is 25.7 Å². The summed E-state index contributed by atoms with van der Waals surface area (Å²) in [6.07, 6.45) is -0.774. The van der Waals surface area contributed by atoms with Crippen molar-refractivity contribution in [2.45, 2.75) is 32.9 Å². The molecule has 26 heavy (non-hydrogen) atoms. The van der Waals surface area contributed by atoms with Gasteiger partial charge in [0.2, 0.25) is 0 Å². The molecule has 1 aromatic carbocycles. The zero-order chi connectivity index (χ0) is 19.4. The smallest absolute Gasteiger partial charge is 0.408 e. The maximum absolute atomic E-state index is 12.5. The van der Waals surface area contributed by atoms with Gasteiger partial charge in [-0.05, 0) is 25.8 Å².